The van der Waals surface area contributed by atoms with Crippen LogP contribution in [0.4, 0.5) is 11.5 Å². The summed E-state index contributed by atoms with van der Waals surface area (Å²) < 4.78 is 16.9. The van der Waals surface area contributed by atoms with Crippen LogP contribution in [0, 0.1) is 0 Å². The monoisotopic (exact) mass is 290 g/mol. The average molecular weight is 290 g/mol. The number of hydrazine groups is 1. The molecule has 104 valence electrons. The summed E-state index contributed by atoms with van der Waals surface area (Å²) in [5.41, 5.74) is 4.91. The fraction of sp³-hybridized carbons (Fsp3) is 0.154. The SMILES string of the molecule is COc1cc(S(C)=O)ccc1N1C=Cc2[nH]cnc2N1. The van der Waals surface area contributed by atoms with Gasteiger partial charge in [0, 0.05) is 28.2 Å². The lowest BCUT2D eigenvalue weighted by molar-refractivity contribution is 0.414. The smallest absolute Gasteiger partial charge is 0.170 e. The Morgan fingerprint density at radius 1 is 1.40 bits per heavy atom. The predicted molar refractivity (Wildman–Crippen MR) is 79.0 cm³/mol. The third-order valence-corrected chi connectivity index (χ3v) is 3.95. The molecule has 1 atom stereocenters. The first kappa shape index (κ1) is 12.7. The number of hydrogen-bond acceptors (Lipinski definition) is 5. The summed E-state index contributed by atoms with van der Waals surface area (Å²) in [6, 6.07) is 5.47. The van der Waals surface area contributed by atoms with Crippen LogP contribution in [0.3, 0.4) is 0 Å². The first-order chi connectivity index (χ1) is 9.69. The van der Waals surface area contributed by atoms with Gasteiger partial charge in [0.2, 0.25) is 0 Å². The Labute approximate surface area is 118 Å². The van der Waals surface area contributed by atoms with E-state index in [2.05, 4.69) is 15.4 Å². The molecule has 7 heteroatoms. The van der Waals surface area contributed by atoms with Crippen molar-refractivity contribution >= 4 is 28.4 Å². The van der Waals surface area contributed by atoms with E-state index in [9.17, 15) is 4.21 Å². The number of H-pyrrole nitrogens is 1. The molecule has 1 aromatic carbocycles. The summed E-state index contributed by atoms with van der Waals surface area (Å²) in [7, 11) is 0.554. The van der Waals surface area contributed by atoms with Crippen molar-refractivity contribution in [2.45, 2.75) is 4.90 Å². The van der Waals surface area contributed by atoms with E-state index in [-0.39, 0.29) is 0 Å². The molecule has 1 aliphatic rings. The van der Waals surface area contributed by atoms with Crippen LogP contribution in [0.2, 0.25) is 0 Å². The molecular weight excluding hydrogens is 276 g/mol. The molecule has 2 heterocycles. The van der Waals surface area contributed by atoms with E-state index in [4.69, 9.17) is 4.74 Å². The van der Waals surface area contributed by atoms with Crippen molar-refractivity contribution in [3.8, 4) is 5.75 Å². The fourth-order valence-electron chi connectivity index (χ4n) is 2.00. The van der Waals surface area contributed by atoms with Gasteiger partial charge in [-0.25, -0.2) is 4.98 Å². The Kier molecular flexibility index (Phi) is 3.19. The molecule has 0 spiro atoms. The summed E-state index contributed by atoms with van der Waals surface area (Å²) in [5.74, 6) is 1.39. The zero-order valence-electron chi connectivity index (χ0n) is 11.1. The summed E-state index contributed by atoms with van der Waals surface area (Å²) >= 11 is 0. The van der Waals surface area contributed by atoms with E-state index in [1.54, 1.807) is 25.8 Å². The van der Waals surface area contributed by atoms with Crippen molar-refractivity contribution in [3.05, 3.63) is 36.4 Å². The minimum atomic E-state index is -1.04. The van der Waals surface area contributed by atoms with Gasteiger partial charge < -0.3 is 9.72 Å². The number of benzene rings is 1. The average Bonchev–Trinajstić information content (AvgIpc) is 2.93. The largest absolute Gasteiger partial charge is 0.494 e. The van der Waals surface area contributed by atoms with Gasteiger partial charge in [0.25, 0.3) is 0 Å². The lowest BCUT2D eigenvalue weighted by Crippen LogP contribution is -2.26. The van der Waals surface area contributed by atoms with Crippen LogP contribution in [0.25, 0.3) is 6.08 Å². The van der Waals surface area contributed by atoms with Crippen molar-refractivity contribution in [1.29, 1.82) is 0 Å². The van der Waals surface area contributed by atoms with Gasteiger partial charge in [-0.15, -0.1) is 0 Å². The molecule has 20 heavy (non-hydrogen) atoms. The molecule has 2 aromatic rings. The molecule has 1 aromatic heterocycles. The number of rotatable bonds is 3. The first-order valence-electron chi connectivity index (χ1n) is 5.98. The van der Waals surface area contributed by atoms with E-state index < -0.39 is 10.8 Å². The van der Waals surface area contributed by atoms with Gasteiger partial charge in [0.15, 0.2) is 5.82 Å². The standard InChI is InChI=1S/C13H14N4O2S/c1-19-12-7-9(20(2)18)3-4-11(12)17-6-5-10-13(16-17)15-8-14-10/h3-8,16H,1-2H3,(H,14,15). The van der Waals surface area contributed by atoms with E-state index in [1.807, 2.05) is 29.4 Å². The second kappa shape index (κ2) is 5.01. The van der Waals surface area contributed by atoms with Gasteiger partial charge in [-0.3, -0.25) is 14.6 Å². The Morgan fingerprint density at radius 3 is 3.00 bits per heavy atom. The molecule has 0 bridgehead atoms. The maximum Gasteiger partial charge on any atom is 0.170 e. The highest BCUT2D eigenvalue weighted by atomic mass is 32.2. The Bertz CT molecular complexity index is 695. The van der Waals surface area contributed by atoms with Crippen molar-refractivity contribution < 1.29 is 8.95 Å². The number of fused-ring (bicyclic) bond motifs is 1. The highest BCUT2D eigenvalue weighted by Gasteiger charge is 2.17. The summed E-state index contributed by atoms with van der Waals surface area (Å²) in [5, 5.41) is 1.81. The summed E-state index contributed by atoms with van der Waals surface area (Å²) in [4.78, 5) is 7.94. The number of anilines is 2. The summed E-state index contributed by atoms with van der Waals surface area (Å²) in [6.07, 6.45) is 7.07. The van der Waals surface area contributed by atoms with Crippen LogP contribution in [0.1, 0.15) is 5.69 Å². The number of imidazole rings is 1. The fourth-order valence-corrected chi connectivity index (χ4v) is 2.53. The molecule has 0 aliphatic carbocycles. The Morgan fingerprint density at radius 2 is 2.25 bits per heavy atom. The van der Waals surface area contributed by atoms with E-state index in [0.717, 1.165) is 22.1 Å². The number of nitrogens with one attached hydrogen (secondary N) is 2. The Balaban J connectivity index is 1.97. The molecule has 0 amide bonds. The highest BCUT2D eigenvalue weighted by molar-refractivity contribution is 7.84. The van der Waals surface area contributed by atoms with Crippen molar-refractivity contribution in [1.82, 2.24) is 9.97 Å². The minimum absolute atomic E-state index is 0.647. The zero-order chi connectivity index (χ0) is 14.1. The van der Waals surface area contributed by atoms with Crippen LogP contribution in [-0.2, 0) is 10.8 Å². The van der Waals surface area contributed by atoms with Crippen LogP contribution in [0.15, 0.2) is 35.6 Å². The molecule has 0 fully saturated rings. The molecule has 3 rings (SSSR count). The lowest BCUT2D eigenvalue weighted by atomic mass is 10.2. The third-order valence-electron chi connectivity index (χ3n) is 3.03. The van der Waals surface area contributed by atoms with Crippen LogP contribution < -0.4 is 15.2 Å². The highest BCUT2D eigenvalue weighted by Crippen LogP contribution is 2.32. The van der Waals surface area contributed by atoms with E-state index >= 15 is 0 Å². The van der Waals surface area contributed by atoms with E-state index in [1.165, 1.54) is 0 Å². The predicted octanol–water partition coefficient (Wildman–Crippen LogP) is 1.97. The lowest BCUT2D eigenvalue weighted by Gasteiger charge is -2.26. The summed E-state index contributed by atoms with van der Waals surface area (Å²) in [6.45, 7) is 0. The van der Waals surface area contributed by atoms with Gasteiger partial charge in [0.1, 0.15) is 11.4 Å². The van der Waals surface area contributed by atoms with Crippen molar-refractivity contribution in [2.24, 2.45) is 0 Å². The number of hydrogen-bond donors (Lipinski definition) is 2. The van der Waals surface area contributed by atoms with Crippen LogP contribution in [0.5, 0.6) is 5.75 Å². The van der Waals surface area contributed by atoms with Crippen LogP contribution in [-0.4, -0.2) is 27.5 Å². The number of ether oxygens (including phenoxy) is 1. The minimum Gasteiger partial charge on any atom is -0.494 e. The molecule has 1 aliphatic heterocycles. The quantitative estimate of drug-likeness (QED) is 0.904. The molecule has 6 nitrogen and oxygen atoms in total. The zero-order valence-corrected chi connectivity index (χ0v) is 11.9. The molecule has 0 radical (unpaired) electrons. The molecule has 2 N–H and O–H groups in total. The maximum absolute atomic E-state index is 11.5. The molecular formula is C13H14N4O2S. The van der Waals surface area contributed by atoms with Gasteiger partial charge in [-0.2, -0.15) is 0 Å². The number of aromatic nitrogens is 2. The van der Waals surface area contributed by atoms with E-state index in [0.29, 0.717) is 5.75 Å². The van der Waals surface area contributed by atoms with Gasteiger partial charge in [-0.1, -0.05) is 0 Å². The number of methoxy groups -OCH3 is 1. The third kappa shape index (κ3) is 2.16. The first-order valence-corrected chi connectivity index (χ1v) is 7.54. The van der Waals surface area contributed by atoms with Gasteiger partial charge in [-0.05, 0) is 24.3 Å². The molecule has 1 unspecified atom stereocenters. The second-order valence-electron chi connectivity index (χ2n) is 4.25. The van der Waals surface area contributed by atoms with Gasteiger partial charge in [0.05, 0.1) is 19.1 Å². The molecule has 0 saturated heterocycles. The van der Waals surface area contributed by atoms with Crippen molar-refractivity contribution in [3.63, 3.8) is 0 Å². The number of aromatic amines is 1. The number of nitrogens with zero attached hydrogens (tertiary/aromatic N) is 2. The maximum atomic E-state index is 11.5. The Hall–Kier alpha value is -2.28. The van der Waals surface area contributed by atoms with Crippen LogP contribution >= 0.6 is 0 Å². The normalized spacial score (nSPS) is 14.6. The topological polar surface area (TPSA) is 70.2 Å². The van der Waals surface area contributed by atoms with Crippen molar-refractivity contribution in [2.75, 3.05) is 23.8 Å². The van der Waals surface area contributed by atoms with Gasteiger partial charge >= 0.3 is 0 Å². The molecule has 0 saturated carbocycles. The second-order valence-corrected chi connectivity index (χ2v) is 5.63.